The van der Waals surface area contributed by atoms with Crippen molar-refractivity contribution < 1.29 is 13.2 Å². The molecule has 111 heavy (non-hydrogen) atoms. The lowest BCUT2D eigenvalue weighted by Gasteiger charge is -2.35. The van der Waals surface area contributed by atoms with Crippen molar-refractivity contribution in [3.05, 3.63) is 254 Å². The third-order valence-electron chi connectivity index (χ3n) is 20.9. The Kier molecular flexibility index (Phi) is 19.3. The van der Waals surface area contributed by atoms with Crippen LogP contribution < -0.4 is 46.6 Å². The van der Waals surface area contributed by atoms with E-state index in [1.165, 1.54) is 36.4 Å². The fourth-order valence-electron chi connectivity index (χ4n) is 14.2. The van der Waals surface area contributed by atoms with Crippen LogP contribution in [0.25, 0.3) is 49.9 Å². The second-order valence-electron chi connectivity index (χ2n) is 28.5. The highest BCUT2D eigenvalue weighted by Gasteiger charge is 2.32. The van der Waals surface area contributed by atoms with Gasteiger partial charge in [-0.15, -0.1) is 0 Å². The Morgan fingerprint density at radius 2 is 0.514 bits per heavy atom. The summed E-state index contributed by atoms with van der Waals surface area (Å²) >= 11 is 0. The van der Waals surface area contributed by atoms with Crippen molar-refractivity contribution in [2.24, 2.45) is 38.3 Å². The highest BCUT2D eigenvalue weighted by atomic mass is 19.1. The first-order chi connectivity index (χ1) is 53.6. The molecule has 0 amide bonds. The number of piperazine rings is 3. The van der Waals surface area contributed by atoms with Gasteiger partial charge in [0.15, 0.2) is 17.5 Å². The molecule has 3 fully saturated rings. The van der Waals surface area contributed by atoms with E-state index in [0.29, 0.717) is 17.8 Å². The van der Waals surface area contributed by atoms with Crippen molar-refractivity contribution in [2.75, 3.05) is 108 Å². The molecule has 15 heterocycles. The predicted molar refractivity (Wildman–Crippen MR) is 416 cm³/mol. The summed E-state index contributed by atoms with van der Waals surface area (Å²) in [6.07, 6.45) is 32.8. The minimum atomic E-state index is -0.824. The van der Waals surface area contributed by atoms with Gasteiger partial charge in [-0.05, 0) is 92.1 Å². The van der Waals surface area contributed by atoms with Crippen molar-refractivity contribution in [3.8, 4) is 33.4 Å². The largest absolute Gasteiger partial charge is 0.351 e. The Balaban J connectivity index is 0.000000126. The molecule has 3 atom stereocenters. The standard InChI is InChI=1S/3C26H27FN10/c3*1-26(28,20-3-5-22(27)6-4-20)21-13-29-25(30-14-21)36-9-7-35(8-10-36)24-23-11-18(16-37(23)33-17-31-24)19-12-32-34(2)15-19/h3*3-6,11-17H,7-10,28H2,1-2H3/t2*26-;/m10./s1. The molecule has 18 rings (SSSR count). The molecular formula is C78H81F3N30. The van der Waals surface area contributed by atoms with Gasteiger partial charge in [0.2, 0.25) is 17.8 Å². The molecule has 6 N–H and O–H groups in total. The normalized spacial score (nSPS) is 15.8. The summed E-state index contributed by atoms with van der Waals surface area (Å²) in [5.74, 6) is 3.81. The Labute approximate surface area is 636 Å². The number of nitrogens with zero attached hydrogens (tertiary/aromatic N) is 27. The van der Waals surface area contributed by atoms with E-state index in [2.05, 4.69) is 123 Å². The molecule has 3 aliphatic rings. The summed E-state index contributed by atoms with van der Waals surface area (Å²) in [5, 5.41) is 26.0. The van der Waals surface area contributed by atoms with Crippen molar-refractivity contribution in [3.63, 3.8) is 0 Å². The first-order valence-corrected chi connectivity index (χ1v) is 36.2. The van der Waals surface area contributed by atoms with E-state index in [9.17, 15) is 13.2 Å². The lowest BCUT2D eigenvalue weighted by atomic mass is 9.87. The molecule has 0 radical (unpaired) electrons. The number of rotatable bonds is 15. The van der Waals surface area contributed by atoms with Crippen LogP contribution in [0.15, 0.2) is 203 Å². The maximum Gasteiger partial charge on any atom is 0.225 e. The molecule has 3 saturated heterocycles. The van der Waals surface area contributed by atoms with Crippen molar-refractivity contribution in [2.45, 2.75) is 37.4 Å². The second-order valence-corrected chi connectivity index (χ2v) is 28.5. The number of hydrogen-bond donors (Lipinski definition) is 3. The van der Waals surface area contributed by atoms with Gasteiger partial charge in [-0.25, -0.2) is 71.6 Å². The van der Waals surface area contributed by atoms with Gasteiger partial charge < -0.3 is 46.6 Å². The molecule has 0 aliphatic carbocycles. The Morgan fingerprint density at radius 1 is 0.279 bits per heavy atom. The topological polar surface area (TPSA) is 319 Å². The smallest absolute Gasteiger partial charge is 0.225 e. The van der Waals surface area contributed by atoms with E-state index < -0.39 is 16.6 Å². The minimum absolute atomic E-state index is 0.293. The maximum absolute atomic E-state index is 13.3. The molecule has 15 aromatic rings. The van der Waals surface area contributed by atoms with Crippen LogP contribution in [-0.2, 0) is 37.8 Å². The van der Waals surface area contributed by atoms with E-state index in [-0.39, 0.29) is 17.5 Å². The molecule has 30 nitrogen and oxygen atoms in total. The van der Waals surface area contributed by atoms with Crippen LogP contribution in [0, 0.1) is 17.5 Å². The van der Waals surface area contributed by atoms with E-state index in [4.69, 9.17) is 17.2 Å². The van der Waals surface area contributed by atoms with E-state index in [0.717, 1.165) is 179 Å². The number of fused-ring (bicyclic) bond motifs is 3. The van der Waals surface area contributed by atoms with Crippen LogP contribution in [0.4, 0.5) is 48.5 Å². The summed E-state index contributed by atoms with van der Waals surface area (Å²) in [5.41, 5.74) is 31.1. The molecule has 0 saturated carbocycles. The Morgan fingerprint density at radius 3 is 0.739 bits per heavy atom. The number of benzene rings is 3. The second kappa shape index (κ2) is 29.8. The fourth-order valence-corrected chi connectivity index (χ4v) is 14.2. The summed E-state index contributed by atoms with van der Waals surface area (Å²) in [6.45, 7) is 14.8. The van der Waals surface area contributed by atoms with Gasteiger partial charge in [0.1, 0.15) is 53.0 Å². The van der Waals surface area contributed by atoms with Gasteiger partial charge in [0.25, 0.3) is 0 Å². The average molecular weight is 1500 g/mol. The Bertz CT molecular complexity index is 5150. The minimum Gasteiger partial charge on any atom is -0.351 e. The fraction of sp³-hybridized carbons (Fsp3) is 0.269. The van der Waals surface area contributed by atoms with E-state index in [1.54, 1.807) is 107 Å². The first kappa shape index (κ1) is 72.1. The van der Waals surface area contributed by atoms with Gasteiger partial charge in [0.05, 0.1) is 35.2 Å². The zero-order valence-electron chi connectivity index (χ0n) is 62.0. The van der Waals surface area contributed by atoms with Crippen LogP contribution in [0.3, 0.4) is 0 Å². The summed E-state index contributed by atoms with van der Waals surface area (Å²) in [7, 11) is 5.71. The van der Waals surface area contributed by atoms with Gasteiger partial charge in [-0.2, -0.15) is 30.6 Å². The first-order valence-electron chi connectivity index (χ1n) is 36.2. The number of anilines is 6. The average Bonchev–Trinajstić information content (AvgIpc) is 1.69. The third kappa shape index (κ3) is 14.9. The van der Waals surface area contributed by atoms with Crippen molar-refractivity contribution in [1.82, 2.24) is 103 Å². The highest BCUT2D eigenvalue weighted by molar-refractivity contribution is 5.80. The summed E-state index contributed by atoms with van der Waals surface area (Å²) < 4.78 is 51.0. The van der Waals surface area contributed by atoms with Crippen molar-refractivity contribution >= 4 is 51.8 Å². The monoisotopic (exact) mass is 1490 g/mol. The SMILES string of the molecule is Cn1cc(-c2cc3c(N4CCN(c5ncc(C(C)(N)c6ccc(F)cc6)cn5)CC4)ncnn3c2)cn1.Cn1cc(-c2cc3c(N4CCN(c5ncc([C@@](C)(N)c6ccc(F)cc6)cn5)CC4)ncnn3c2)cn1.Cn1cc(-c2cc3c(N4CCN(c5ncc([C@](C)(N)c6ccc(F)cc6)cn5)CC4)ncnn3c2)cn1. The number of nitrogens with two attached hydrogens (primary N) is 3. The lowest BCUT2D eigenvalue weighted by molar-refractivity contribution is 0.585. The predicted octanol–water partition coefficient (Wildman–Crippen LogP) is 7.82. The number of aromatic nitrogens is 21. The molecule has 564 valence electrons. The molecule has 3 aromatic carbocycles. The highest BCUT2D eigenvalue weighted by Crippen LogP contribution is 2.35. The lowest BCUT2D eigenvalue weighted by Crippen LogP contribution is -2.47. The molecule has 0 spiro atoms. The van der Waals surface area contributed by atoms with Crippen LogP contribution >= 0.6 is 0 Å². The summed E-state index contributed by atoms with van der Waals surface area (Å²) in [6, 6.07) is 24.9. The number of halogens is 3. The molecule has 0 bridgehead atoms. The molecule has 3 aliphatic heterocycles. The van der Waals surface area contributed by atoms with Gasteiger partial charge in [0, 0.05) is 224 Å². The molecule has 33 heteroatoms. The van der Waals surface area contributed by atoms with Crippen LogP contribution in [0.1, 0.15) is 54.2 Å². The van der Waals surface area contributed by atoms with Gasteiger partial charge in [-0.3, -0.25) is 14.0 Å². The van der Waals surface area contributed by atoms with Crippen molar-refractivity contribution in [1.29, 1.82) is 0 Å². The quantitative estimate of drug-likeness (QED) is 0.0880. The van der Waals surface area contributed by atoms with Gasteiger partial charge in [-0.1, -0.05) is 36.4 Å². The summed E-state index contributed by atoms with van der Waals surface area (Å²) in [4.78, 5) is 54.7. The van der Waals surface area contributed by atoms with Gasteiger partial charge >= 0.3 is 0 Å². The zero-order chi connectivity index (χ0) is 76.7. The van der Waals surface area contributed by atoms with E-state index in [1.807, 2.05) is 111 Å². The zero-order valence-corrected chi connectivity index (χ0v) is 62.0. The molecule has 1 unspecified atom stereocenters. The van der Waals surface area contributed by atoms with Crippen LogP contribution in [-0.4, -0.2) is 182 Å². The Hall–Kier alpha value is -13.1. The maximum atomic E-state index is 13.3. The van der Waals surface area contributed by atoms with Crippen LogP contribution in [0.5, 0.6) is 0 Å². The van der Waals surface area contributed by atoms with E-state index >= 15 is 0 Å². The van der Waals surface area contributed by atoms with Crippen LogP contribution in [0.2, 0.25) is 0 Å². The molecule has 12 aromatic heterocycles. The third-order valence-corrected chi connectivity index (χ3v) is 20.9. The number of aryl methyl sites for hydroxylation is 3. The molecular weight excluding hydrogens is 1410 g/mol. The number of hydrogen-bond acceptors (Lipinski definition) is 24.